The van der Waals surface area contributed by atoms with Crippen LogP contribution >= 0.6 is 24.0 Å². The molecule has 2 aliphatic heterocycles. The SMILES string of the molecule is CC(C)CN(CCC(N)=S)C1CCOC2(CCSC2)C1. The molecule has 2 atom stereocenters. The highest BCUT2D eigenvalue weighted by Crippen LogP contribution is 2.39. The number of nitrogens with two attached hydrogens (primary N) is 1. The van der Waals surface area contributed by atoms with E-state index < -0.39 is 0 Å². The van der Waals surface area contributed by atoms with Gasteiger partial charge in [0.1, 0.15) is 0 Å². The number of rotatable bonds is 6. The molecule has 5 heteroatoms. The number of ether oxygens (including phenoxy) is 1. The van der Waals surface area contributed by atoms with Crippen molar-refractivity contribution in [3.8, 4) is 0 Å². The summed E-state index contributed by atoms with van der Waals surface area (Å²) in [7, 11) is 0. The van der Waals surface area contributed by atoms with Crippen LogP contribution in [-0.4, -0.2) is 52.7 Å². The molecule has 2 unspecified atom stereocenters. The van der Waals surface area contributed by atoms with Gasteiger partial charge in [0.25, 0.3) is 0 Å². The van der Waals surface area contributed by atoms with Crippen LogP contribution in [-0.2, 0) is 4.74 Å². The van der Waals surface area contributed by atoms with Crippen LogP contribution < -0.4 is 5.73 Å². The third kappa shape index (κ3) is 4.58. The van der Waals surface area contributed by atoms with Crippen molar-refractivity contribution >= 4 is 29.0 Å². The molecule has 20 heavy (non-hydrogen) atoms. The van der Waals surface area contributed by atoms with E-state index in [-0.39, 0.29) is 5.60 Å². The fourth-order valence-corrected chi connectivity index (χ4v) is 4.79. The molecule has 2 aliphatic rings. The van der Waals surface area contributed by atoms with Crippen LogP contribution in [0.15, 0.2) is 0 Å². The number of thioether (sulfide) groups is 1. The molecular formula is C15H28N2OS2. The maximum Gasteiger partial charge on any atom is 0.0795 e. The third-order valence-electron chi connectivity index (χ3n) is 4.30. The van der Waals surface area contributed by atoms with Crippen molar-refractivity contribution in [1.82, 2.24) is 4.90 Å². The van der Waals surface area contributed by atoms with Crippen LogP contribution in [0.3, 0.4) is 0 Å². The number of hydrogen-bond acceptors (Lipinski definition) is 4. The van der Waals surface area contributed by atoms with E-state index in [9.17, 15) is 0 Å². The molecule has 0 aliphatic carbocycles. The van der Waals surface area contributed by atoms with Crippen LogP contribution in [0.25, 0.3) is 0 Å². The van der Waals surface area contributed by atoms with Crippen LogP contribution in [0, 0.1) is 5.92 Å². The minimum Gasteiger partial charge on any atom is -0.393 e. The van der Waals surface area contributed by atoms with Crippen LogP contribution in [0.5, 0.6) is 0 Å². The summed E-state index contributed by atoms with van der Waals surface area (Å²) in [6.07, 6.45) is 4.39. The Labute approximate surface area is 133 Å². The summed E-state index contributed by atoms with van der Waals surface area (Å²) in [5.41, 5.74) is 5.85. The summed E-state index contributed by atoms with van der Waals surface area (Å²) in [5.74, 6) is 3.11. The maximum absolute atomic E-state index is 6.14. The molecule has 0 aromatic carbocycles. The Morgan fingerprint density at radius 2 is 2.35 bits per heavy atom. The molecule has 2 N–H and O–H groups in total. The van der Waals surface area contributed by atoms with Gasteiger partial charge in [-0.05, 0) is 30.9 Å². The first-order valence-corrected chi connectivity index (χ1v) is 9.31. The minimum absolute atomic E-state index is 0.159. The lowest BCUT2D eigenvalue weighted by molar-refractivity contribution is -0.0904. The van der Waals surface area contributed by atoms with E-state index in [1.807, 2.05) is 11.8 Å². The zero-order valence-corrected chi connectivity index (χ0v) is 14.4. The Morgan fingerprint density at radius 3 is 2.95 bits per heavy atom. The second-order valence-corrected chi connectivity index (χ2v) is 8.22. The molecule has 2 saturated heterocycles. The average molecular weight is 317 g/mol. The van der Waals surface area contributed by atoms with Crippen LogP contribution in [0.2, 0.25) is 0 Å². The Kier molecular flexibility index (Phi) is 6.14. The Bertz CT molecular complexity index is 330. The van der Waals surface area contributed by atoms with Gasteiger partial charge in [0.15, 0.2) is 0 Å². The van der Waals surface area contributed by atoms with Gasteiger partial charge in [0.05, 0.1) is 10.6 Å². The van der Waals surface area contributed by atoms with Crippen molar-refractivity contribution in [3.05, 3.63) is 0 Å². The summed E-state index contributed by atoms with van der Waals surface area (Å²) < 4.78 is 6.14. The summed E-state index contributed by atoms with van der Waals surface area (Å²) in [6, 6.07) is 0.638. The summed E-state index contributed by atoms with van der Waals surface area (Å²) >= 11 is 7.09. The zero-order valence-electron chi connectivity index (χ0n) is 12.8. The first-order chi connectivity index (χ1) is 9.51. The molecule has 2 rings (SSSR count). The van der Waals surface area contributed by atoms with E-state index in [0.29, 0.717) is 16.9 Å². The van der Waals surface area contributed by atoms with Crippen molar-refractivity contribution in [3.63, 3.8) is 0 Å². The van der Waals surface area contributed by atoms with Gasteiger partial charge < -0.3 is 10.5 Å². The summed E-state index contributed by atoms with van der Waals surface area (Å²) in [5, 5.41) is 0. The van der Waals surface area contributed by atoms with E-state index in [1.54, 1.807) is 0 Å². The third-order valence-corrected chi connectivity index (χ3v) is 5.72. The Balaban J connectivity index is 1.97. The fraction of sp³-hybridized carbons (Fsp3) is 0.933. The number of nitrogens with zero attached hydrogens (tertiary/aromatic N) is 1. The largest absolute Gasteiger partial charge is 0.393 e. The summed E-state index contributed by atoms with van der Waals surface area (Å²) in [6.45, 7) is 7.62. The van der Waals surface area contributed by atoms with E-state index in [0.717, 1.165) is 32.5 Å². The molecule has 0 saturated carbocycles. The van der Waals surface area contributed by atoms with Gasteiger partial charge >= 0.3 is 0 Å². The van der Waals surface area contributed by atoms with Crippen molar-refractivity contribution in [1.29, 1.82) is 0 Å². The van der Waals surface area contributed by atoms with Gasteiger partial charge in [-0.1, -0.05) is 26.1 Å². The van der Waals surface area contributed by atoms with Crippen molar-refractivity contribution in [2.45, 2.75) is 51.2 Å². The maximum atomic E-state index is 6.14. The van der Waals surface area contributed by atoms with Gasteiger partial charge in [0.2, 0.25) is 0 Å². The Hall–Kier alpha value is 0.160. The predicted molar refractivity (Wildman–Crippen MR) is 91.5 cm³/mol. The lowest BCUT2D eigenvalue weighted by Crippen LogP contribution is -2.50. The second-order valence-electron chi connectivity index (χ2n) is 6.59. The van der Waals surface area contributed by atoms with E-state index >= 15 is 0 Å². The molecule has 0 aromatic heterocycles. The second kappa shape index (κ2) is 7.43. The van der Waals surface area contributed by atoms with Gasteiger partial charge in [-0.15, -0.1) is 0 Å². The number of hydrogen-bond donors (Lipinski definition) is 1. The highest BCUT2D eigenvalue weighted by Gasteiger charge is 2.41. The van der Waals surface area contributed by atoms with Crippen molar-refractivity contribution in [2.75, 3.05) is 31.2 Å². The van der Waals surface area contributed by atoms with Gasteiger partial charge in [-0.2, -0.15) is 11.8 Å². The molecule has 0 bridgehead atoms. The van der Waals surface area contributed by atoms with Gasteiger partial charge in [-0.25, -0.2) is 0 Å². The standard InChI is InChI=1S/C15H28N2OS2/c1-12(2)10-17(6-3-14(16)19)13-4-7-18-15(9-13)5-8-20-11-15/h12-13H,3-11H2,1-2H3,(H2,16,19). The molecule has 1 spiro atoms. The molecule has 2 fully saturated rings. The molecule has 0 radical (unpaired) electrons. The van der Waals surface area contributed by atoms with E-state index in [1.165, 1.54) is 24.3 Å². The first-order valence-electron chi connectivity index (χ1n) is 7.75. The molecule has 0 aromatic rings. The highest BCUT2D eigenvalue weighted by molar-refractivity contribution is 7.99. The van der Waals surface area contributed by atoms with Crippen LogP contribution in [0.1, 0.15) is 39.5 Å². The predicted octanol–water partition coefficient (Wildman–Crippen LogP) is 2.68. The first kappa shape index (κ1) is 16.5. The fourth-order valence-electron chi connectivity index (χ4n) is 3.32. The molecule has 2 heterocycles. The monoisotopic (exact) mass is 316 g/mol. The highest BCUT2D eigenvalue weighted by atomic mass is 32.2. The van der Waals surface area contributed by atoms with Gasteiger partial charge in [0, 0.05) is 37.9 Å². The minimum atomic E-state index is 0.159. The van der Waals surface area contributed by atoms with E-state index in [2.05, 4.69) is 18.7 Å². The van der Waals surface area contributed by atoms with E-state index in [4.69, 9.17) is 22.7 Å². The quantitative estimate of drug-likeness (QED) is 0.763. The Morgan fingerprint density at radius 1 is 1.55 bits per heavy atom. The van der Waals surface area contributed by atoms with Crippen molar-refractivity contribution in [2.24, 2.45) is 11.7 Å². The van der Waals surface area contributed by atoms with Gasteiger partial charge in [-0.3, -0.25) is 4.90 Å². The topological polar surface area (TPSA) is 38.5 Å². The molecule has 116 valence electrons. The zero-order chi connectivity index (χ0) is 14.6. The molecule has 0 amide bonds. The summed E-state index contributed by atoms with van der Waals surface area (Å²) in [4.78, 5) is 3.24. The van der Waals surface area contributed by atoms with Crippen molar-refractivity contribution < 1.29 is 4.74 Å². The average Bonchev–Trinajstić information content (AvgIpc) is 2.82. The molecular weight excluding hydrogens is 288 g/mol. The lowest BCUT2D eigenvalue weighted by Gasteiger charge is -2.43. The molecule has 3 nitrogen and oxygen atoms in total. The normalized spacial score (nSPS) is 30.5. The van der Waals surface area contributed by atoms with Crippen LogP contribution in [0.4, 0.5) is 0 Å². The smallest absolute Gasteiger partial charge is 0.0795 e. The lowest BCUT2D eigenvalue weighted by atomic mass is 9.88. The number of thiocarbonyl (C=S) groups is 1.